The van der Waals surface area contributed by atoms with E-state index in [9.17, 15) is 52.7 Å². The van der Waals surface area contributed by atoms with E-state index < -0.39 is 144 Å². The van der Waals surface area contributed by atoms with E-state index in [1.807, 2.05) is 42.0 Å². The molecule has 5 aromatic rings. The quantitative estimate of drug-likeness (QED) is 0.0433. The van der Waals surface area contributed by atoms with Crippen molar-refractivity contribution in [3.8, 4) is 0 Å². The van der Waals surface area contributed by atoms with Gasteiger partial charge >= 0.3 is 0 Å². The third-order valence-corrected chi connectivity index (χ3v) is 7.90. The van der Waals surface area contributed by atoms with Gasteiger partial charge in [0, 0.05) is 12.1 Å². The van der Waals surface area contributed by atoms with Crippen molar-refractivity contribution in [2.45, 2.75) is 0 Å². The summed E-state index contributed by atoms with van der Waals surface area (Å²) in [6.45, 7) is 3.74. The summed E-state index contributed by atoms with van der Waals surface area (Å²) < 4.78 is 296. The molecule has 54 heavy (non-hydrogen) atoms. The van der Waals surface area contributed by atoms with E-state index in [-0.39, 0.29) is 0 Å². The van der Waals surface area contributed by atoms with Gasteiger partial charge in [0.2, 0.25) is 5.69 Å². The van der Waals surface area contributed by atoms with Crippen LogP contribution in [-0.4, -0.2) is 24.5 Å². The Morgan fingerprint density at radius 3 is 0.630 bits per heavy atom. The second kappa shape index (κ2) is 14.7. The molecular weight excluding hydrogens is 789 g/mol. The van der Waals surface area contributed by atoms with E-state index in [1.54, 1.807) is 0 Å². The summed E-state index contributed by atoms with van der Waals surface area (Å²) in [5.74, 6) is -71.4. The van der Waals surface area contributed by atoms with Crippen molar-refractivity contribution >= 4 is 40.4 Å². The van der Waals surface area contributed by atoms with E-state index in [0.717, 1.165) is 5.69 Å². The number of rotatable bonds is 5. The summed E-state index contributed by atoms with van der Waals surface area (Å²) >= 11 is 0. The highest BCUT2D eigenvalue weighted by Crippen LogP contribution is 2.30. The number of para-hydroxylation sites is 1. The van der Waals surface area contributed by atoms with Crippen molar-refractivity contribution in [1.82, 2.24) is 0 Å². The third kappa shape index (κ3) is 6.00. The maximum atomic E-state index is 15.4. The molecule has 0 fully saturated rings. The highest BCUT2D eigenvalue weighted by molar-refractivity contribution is 7.20. The topological polar surface area (TPSA) is 3.01 Å². The van der Waals surface area contributed by atoms with Crippen LogP contribution in [0.25, 0.3) is 0 Å². The van der Waals surface area contributed by atoms with Crippen molar-refractivity contribution in [2.24, 2.45) is 0 Å². The van der Waals surface area contributed by atoms with Crippen LogP contribution in [0.1, 0.15) is 0 Å². The van der Waals surface area contributed by atoms with Crippen molar-refractivity contribution in [2.75, 3.05) is 7.05 Å². The first kappa shape index (κ1) is 41.2. The molecule has 5 aromatic carbocycles. The highest BCUT2D eigenvalue weighted by atomic mass is 19.2. The third-order valence-electron chi connectivity index (χ3n) is 7.90. The van der Waals surface area contributed by atoms with Gasteiger partial charge in [-0.2, -0.15) is 0 Å². The lowest BCUT2D eigenvalue weighted by atomic mass is 9.12. The lowest BCUT2D eigenvalue weighted by Gasteiger charge is -2.44. The summed E-state index contributed by atoms with van der Waals surface area (Å²) in [6, 6.07) is 10.0. The van der Waals surface area contributed by atoms with Crippen molar-refractivity contribution in [1.29, 1.82) is 0 Å². The molecule has 5 rings (SSSR count). The Kier molecular flexibility index (Phi) is 11.2. The maximum absolute atomic E-state index is 15.4. The molecule has 0 bridgehead atoms. The fourth-order valence-corrected chi connectivity index (χ4v) is 5.56. The van der Waals surface area contributed by atoms with Gasteiger partial charge in [0.15, 0.2) is 69.8 Å². The monoisotopic (exact) mass is 799 g/mol. The normalized spacial score (nSPS) is 11.5. The van der Waals surface area contributed by atoms with Crippen LogP contribution in [0.15, 0.2) is 30.3 Å². The van der Waals surface area contributed by atoms with Crippen LogP contribution in [0.2, 0.25) is 0 Å². The maximum Gasteiger partial charge on any atom is 0.204 e. The van der Waals surface area contributed by atoms with Gasteiger partial charge in [0.05, 0.1) is 0 Å². The van der Waals surface area contributed by atoms with Crippen LogP contribution in [-0.2, 0) is 0 Å². The van der Waals surface area contributed by atoms with E-state index >= 15 is 35.1 Å². The first-order valence-corrected chi connectivity index (χ1v) is 13.8. The van der Waals surface area contributed by atoms with Crippen LogP contribution in [0.4, 0.5) is 93.5 Å². The molecule has 0 saturated heterocycles. The van der Waals surface area contributed by atoms with Gasteiger partial charge in [-0.1, -0.05) is 18.2 Å². The molecule has 0 aromatic heterocycles. The summed E-state index contributed by atoms with van der Waals surface area (Å²) in [5.41, 5.74) is -13.2. The number of hydrogen-bond donors (Lipinski definition) is 0. The Morgan fingerprint density at radius 2 is 0.481 bits per heavy atom. The molecule has 0 unspecified atom stereocenters. The van der Waals surface area contributed by atoms with E-state index in [2.05, 4.69) is 6.72 Å². The zero-order valence-electron chi connectivity index (χ0n) is 25.7. The molecule has 0 N–H and O–H groups in total. The molecule has 0 amide bonds. The molecule has 0 saturated carbocycles. The summed E-state index contributed by atoms with van der Waals surface area (Å²) in [6.07, 6.45) is -7.22. The average molecular weight is 799 g/mol. The highest BCUT2D eigenvalue weighted by Gasteiger charge is 2.52. The van der Waals surface area contributed by atoms with Gasteiger partial charge < -0.3 is 0 Å². The second-order valence-electron chi connectivity index (χ2n) is 10.8. The molecule has 0 aliphatic rings. The minimum absolute atomic E-state index is 1.14. The molecule has 0 aliphatic carbocycles. The van der Waals surface area contributed by atoms with E-state index in [4.69, 9.17) is 0 Å². The Labute approximate surface area is 286 Å². The molecular formula is C32H10BF20N. The van der Waals surface area contributed by atoms with E-state index in [0.29, 0.717) is 0 Å². The Hall–Kier alpha value is -5.57. The Balaban J connectivity index is 0.000000631. The molecule has 0 radical (unpaired) electrons. The molecule has 0 spiro atoms. The fourth-order valence-electron chi connectivity index (χ4n) is 5.56. The largest absolute Gasteiger partial charge is 0.208 e. The molecule has 0 atom stereocenters. The van der Waals surface area contributed by atoms with Crippen molar-refractivity contribution < 1.29 is 92.4 Å². The first-order valence-electron chi connectivity index (χ1n) is 13.8. The van der Waals surface area contributed by atoms with Crippen LogP contribution in [0, 0.1) is 116 Å². The predicted octanol–water partition coefficient (Wildman–Crippen LogP) is 7.51. The van der Waals surface area contributed by atoms with Gasteiger partial charge in [0.1, 0.15) is 66.4 Å². The van der Waals surface area contributed by atoms with E-state index in [1.165, 1.54) is 0 Å². The smallest absolute Gasteiger partial charge is 0.204 e. The lowest BCUT2D eigenvalue weighted by molar-refractivity contribution is -0.394. The van der Waals surface area contributed by atoms with Gasteiger partial charge in [0.25, 0.3) is 0 Å². The summed E-state index contributed by atoms with van der Waals surface area (Å²) in [5, 5.41) is 0. The standard InChI is InChI=1S/C24BF20.C8H10N/c26-5-1(6(27)14(35)21(42)13(5)34)25(2-7(28)15(36)22(43)16(37)8(2)29,3-9(30)17(38)23(44)18(39)10(3)31)4-11(32)19(40)24(45)20(41)12(4)33;1-9(2)8-6-4-3-5-7-8/h;3-7H,1H2,2H3/q-1;+1. The first-order chi connectivity index (χ1) is 25.0. The summed E-state index contributed by atoms with van der Waals surface area (Å²) in [7, 11) is 1.93. The summed E-state index contributed by atoms with van der Waals surface area (Å²) in [4.78, 5) is 0. The number of benzene rings is 5. The number of halogens is 20. The average Bonchev–Trinajstić information content (AvgIpc) is 3.15. The molecule has 1 nitrogen and oxygen atoms in total. The SMILES string of the molecule is C=[N+](C)c1ccccc1.Fc1c(F)c(F)c([B-](c2c(F)c(F)c(F)c(F)c2F)(c2c(F)c(F)c(F)c(F)c2F)c2c(F)c(F)c(F)c(F)c2F)c(F)c1F. The van der Waals surface area contributed by atoms with Gasteiger partial charge in [-0.15, -0.1) is 21.9 Å². The molecule has 286 valence electrons. The Morgan fingerprint density at radius 1 is 0.315 bits per heavy atom. The second-order valence-corrected chi connectivity index (χ2v) is 10.8. The molecule has 0 aliphatic heterocycles. The minimum Gasteiger partial charge on any atom is -0.208 e. The van der Waals surface area contributed by atoms with Crippen molar-refractivity contribution in [3.05, 3.63) is 147 Å². The molecule has 22 heteroatoms. The van der Waals surface area contributed by atoms with Crippen LogP contribution in [0.3, 0.4) is 0 Å². The minimum atomic E-state index is -7.22. The molecule has 0 heterocycles. The number of hydrogen-bond acceptors (Lipinski definition) is 0. The van der Waals surface area contributed by atoms with Crippen molar-refractivity contribution in [3.63, 3.8) is 0 Å². The number of nitrogens with zero attached hydrogens (tertiary/aromatic N) is 1. The van der Waals surface area contributed by atoms with Gasteiger partial charge in [-0.25, -0.2) is 92.4 Å². The Bertz CT molecular complexity index is 1980. The van der Waals surface area contributed by atoms with Gasteiger partial charge in [-0.3, -0.25) is 0 Å². The van der Waals surface area contributed by atoms with Gasteiger partial charge in [-0.05, 0) is 0 Å². The fraction of sp³-hybridized carbons (Fsp3) is 0.0312. The zero-order valence-corrected chi connectivity index (χ0v) is 25.7. The van der Waals surface area contributed by atoms with Crippen LogP contribution < -0.4 is 21.9 Å². The zero-order chi connectivity index (χ0) is 41.0. The predicted molar refractivity (Wildman–Crippen MR) is 149 cm³/mol. The van der Waals surface area contributed by atoms with Crippen LogP contribution >= 0.6 is 0 Å². The lowest BCUT2D eigenvalue weighted by Crippen LogP contribution is -2.81. The van der Waals surface area contributed by atoms with Crippen LogP contribution in [0.5, 0.6) is 0 Å².